The van der Waals surface area contributed by atoms with E-state index in [0.29, 0.717) is 23.7 Å². The summed E-state index contributed by atoms with van der Waals surface area (Å²) in [7, 11) is 1.57. The molecule has 1 aliphatic heterocycles. The van der Waals surface area contributed by atoms with Crippen LogP contribution in [0.2, 0.25) is 0 Å². The van der Waals surface area contributed by atoms with Gasteiger partial charge in [0.2, 0.25) is 0 Å². The van der Waals surface area contributed by atoms with Crippen molar-refractivity contribution in [2.75, 3.05) is 13.7 Å². The summed E-state index contributed by atoms with van der Waals surface area (Å²) in [5, 5.41) is 0.789. The highest BCUT2D eigenvalue weighted by Crippen LogP contribution is 2.37. The first-order valence-corrected chi connectivity index (χ1v) is 6.42. The summed E-state index contributed by atoms with van der Waals surface area (Å²) in [6, 6.07) is 6.53. The monoisotopic (exact) mass is 276 g/mol. The predicted molar refractivity (Wildman–Crippen MR) is 73.5 cm³/mol. The van der Waals surface area contributed by atoms with Gasteiger partial charge in [-0.1, -0.05) is 0 Å². The molecule has 1 atom stereocenters. The maximum atomic E-state index is 11.3. The molecule has 0 saturated carbocycles. The lowest BCUT2D eigenvalue weighted by Gasteiger charge is -2.11. The molecule has 2 heterocycles. The van der Waals surface area contributed by atoms with Crippen LogP contribution in [0, 0.1) is 0 Å². The first-order valence-electron chi connectivity index (χ1n) is 6.42. The molecule has 1 aromatic carbocycles. The Bertz CT molecular complexity index is 701. The Morgan fingerprint density at radius 2 is 2.00 bits per heavy atom. The van der Waals surface area contributed by atoms with E-state index in [1.807, 2.05) is 13.8 Å². The van der Waals surface area contributed by atoms with E-state index in [0.717, 1.165) is 5.39 Å². The molecule has 1 saturated heterocycles. The van der Waals surface area contributed by atoms with Crippen molar-refractivity contribution in [2.45, 2.75) is 25.6 Å². The molecule has 1 aliphatic rings. The summed E-state index contributed by atoms with van der Waals surface area (Å²) in [6.07, 6.45) is 0.0747. The fourth-order valence-electron chi connectivity index (χ4n) is 2.08. The van der Waals surface area contributed by atoms with Gasteiger partial charge < -0.3 is 18.6 Å². The minimum atomic E-state index is -0.389. The largest absolute Gasteiger partial charge is 0.493 e. The summed E-state index contributed by atoms with van der Waals surface area (Å²) in [5.41, 5.74) is -0.0408. The van der Waals surface area contributed by atoms with Gasteiger partial charge in [0.05, 0.1) is 12.7 Å². The lowest BCUT2D eigenvalue weighted by atomic mass is 10.1. The number of hydrogen-bond acceptors (Lipinski definition) is 5. The Kier molecular flexibility index (Phi) is 2.94. The quantitative estimate of drug-likeness (QED) is 0.633. The van der Waals surface area contributed by atoms with Crippen LogP contribution in [0.15, 0.2) is 33.5 Å². The van der Waals surface area contributed by atoms with Crippen LogP contribution < -0.4 is 15.1 Å². The van der Waals surface area contributed by atoms with Crippen LogP contribution in [0.1, 0.15) is 13.8 Å². The summed E-state index contributed by atoms with van der Waals surface area (Å²) in [5.74, 6) is 1.14. The number of fused-ring (bicyclic) bond motifs is 1. The van der Waals surface area contributed by atoms with Crippen LogP contribution in [0.25, 0.3) is 11.0 Å². The van der Waals surface area contributed by atoms with Crippen molar-refractivity contribution in [3.05, 3.63) is 34.7 Å². The summed E-state index contributed by atoms with van der Waals surface area (Å²) >= 11 is 0. The Morgan fingerprint density at radius 1 is 1.25 bits per heavy atom. The van der Waals surface area contributed by atoms with Crippen LogP contribution >= 0.6 is 0 Å². The van der Waals surface area contributed by atoms with Gasteiger partial charge in [0.25, 0.3) is 0 Å². The van der Waals surface area contributed by atoms with Gasteiger partial charge in [0.15, 0.2) is 11.5 Å². The zero-order valence-electron chi connectivity index (χ0n) is 11.6. The van der Waals surface area contributed by atoms with E-state index in [9.17, 15) is 4.79 Å². The fourth-order valence-corrected chi connectivity index (χ4v) is 2.08. The van der Waals surface area contributed by atoms with E-state index in [4.69, 9.17) is 18.6 Å². The highest BCUT2D eigenvalue weighted by atomic mass is 16.6. The third kappa shape index (κ3) is 2.36. The lowest BCUT2D eigenvalue weighted by Crippen LogP contribution is -2.12. The smallest absolute Gasteiger partial charge is 0.336 e. The third-order valence-electron chi connectivity index (χ3n) is 3.46. The summed E-state index contributed by atoms with van der Waals surface area (Å²) in [4.78, 5) is 11.3. The molecule has 3 rings (SSSR count). The average molecular weight is 276 g/mol. The molecular weight excluding hydrogens is 260 g/mol. The van der Waals surface area contributed by atoms with E-state index in [2.05, 4.69) is 0 Å². The van der Waals surface area contributed by atoms with E-state index < -0.39 is 0 Å². The molecule has 106 valence electrons. The average Bonchev–Trinajstić information content (AvgIpc) is 3.02. The third-order valence-corrected chi connectivity index (χ3v) is 3.46. The molecule has 0 amide bonds. The van der Waals surface area contributed by atoms with E-state index >= 15 is 0 Å². The van der Waals surface area contributed by atoms with Crippen molar-refractivity contribution < 1.29 is 18.6 Å². The van der Waals surface area contributed by atoms with E-state index in [1.54, 1.807) is 25.3 Å². The zero-order chi connectivity index (χ0) is 14.3. The second-order valence-corrected chi connectivity index (χ2v) is 5.32. The Balaban J connectivity index is 1.90. The van der Waals surface area contributed by atoms with Gasteiger partial charge in [0, 0.05) is 17.5 Å². The van der Waals surface area contributed by atoms with Crippen molar-refractivity contribution in [2.24, 2.45) is 0 Å². The molecule has 5 heteroatoms. The minimum absolute atomic E-state index is 0.0747. The minimum Gasteiger partial charge on any atom is -0.493 e. The molecule has 2 aromatic rings. The summed E-state index contributed by atoms with van der Waals surface area (Å²) in [6.45, 7) is 4.46. The van der Waals surface area contributed by atoms with Gasteiger partial charge in [-0.25, -0.2) is 4.79 Å². The molecule has 0 N–H and O–H groups in total. The standard InChI is InChI=1S/C15H16O5/c1-15(2)13(20-15)8-18-12-7-10-9(6-11(12)17-3)4-5-14(16)19-10/h4-7,13H,8H2,1-3H3. The Hall–Kier alpha value is -2.01. The number of benzene rings is 1. The molecule has 0 radical (unpaired) electrons. The molecule has 1 fully saturated rings. The van der Waals surface area contributed by atoms with Crippen LogP contribution in [-0.2, 0) is 4.74 Å². The molecule has 1 unspecified atom stereocenters. The zero-order valence-corrected chi connectivity index (χ0v) is 11.6. The molecule has 1 aromatic heterocycles. The first-order chi connectivity index (χ1) is 9.49. The second-order valence-electron chi connectivity index (χ2n) is 5.32. The van der Waals surface area contributed by atoms with Gasteiger partial charge in [-0.3, -0.25) is 0 Å². The van der Waals surface area contributed by atoms with Crippen LogP contribution in [0.3, 0.4) is 0 Å². The van der Waals surface area contributed by atoms with Crippen molar-refractivity contribution >= 4 is 11.0 Å². The highest BCUT2D eigenvalue weighted by Gasteiger charge is 2.48. The van der Waals surface area contributed by atoms with Gasteiger partial charge in [0.1, 0.15) is 18.3 Å². The normalized spacial score (nSPS) is 19.9. The topological polar surface area (TPSA) is 61.2 Å². The van der Waals surface area contributed by atoms with Gasteiger partial charge in [-0.05, 0) is 26.0 Å². The predicted octanol–water partition coefficient (Wildman–Crippen LogP) is 2.36. The Labute approximate surface area is 116 Å². The van der Waals surface area contributed by atoms with Crippen molar-refractivity contribution in [3.63, 3.8) is 0 Å². The number of ether oxygens (including phenoxy) is 3. The van der Waals surface area contributed by atoms with Crippen LogP contribution in [0.4, 0.5) is 0 Å². The van der Waals surface area contributed by atoms with Crippen LogP contribution in [0.5, 0.6) is 11.5 Å². The highest BCUT2D eigenvalue weighted by molar-refractivity contribution is 5.80. The first kappa shape index (κ1) is 13.0. The van der Waals surface area contributed by atoms with E-state index in [1.165, 1.54) is 6.07 Å². The number of rotatable bonds is 4. The van der Waals surface area contributed by atoms with E-state index in [-0.39, 0.29) is 17.3 Å². The van der Waals surface area contributed by atoms with Crippen molar-refractivity contribution in [3.8, 4) is 11.5 Å². The van der Waals surface area contributed by atoms with Crippen LogP contribution in [-0.4, -0.2) is 25.4 Å². The Morgan fingerprint density at radius 3 is 2.65 bits per heavy atom. The SMILES string of the molecule is COc1cc2ccc(=O)oc2cc1OCC1OC1(C)C. The molecule has 0 bridgehead atoms. The number of hydrogen-bond donors (Lipinski definition) is 0. The molecule has 0 aliphatic carbocycles. The molecule has 5 nitrogen and oxygen atoms in total. The van der Waals surface area contributed by atoms with Crippen molar-refractivity contribution in [1.29, 1.82) is 0 Å². The maximum absolute atomic E-state index is 11.3. The second kappa shape index (κ2) is 4.52. The summed E-state index contributed by atoms with van der Waals surface area (Å²) < 4.78 is 21.6. The lowest BCUT2D eigenvalue weighted by molar-refractivity contribution is 0.246. The fraction of sp³-hybridized carbons (Fsp3) is 0.400. The number of methoxy groups -OCH3 is 1. The molecular formula is C15H16O5. The molecule has 20 heavy (non-hydrogen) atoms. The van der Waals surface area contributed by atoms with Gasteiger partial charge in [-0.2, -0.15) is 0 Å². The van der Waals surface area contributed by atoms with Crippen molar-refractivity contribution in [1.82, 2.24) is 0 Å². The molecule has 0 spiro atoms. The van der Waals surface area contributed by atoms with Gasteiger partial charge in [-0.15, -0.1) is 0 Å². The maximum Gasteiger partial charge on any atom is 0.336 e. The van der Waals surface area contributed by atoms with Gasteiger partial charge >= 0.3 is 5.63 Å². The number of epoxide rings is 1.